The standard InChI is InChI=1S/C17H27N3O3/c21-16(14-18-10-12-23-13-11-18)19-6-8-20(9-7-19)17(22)15-4-2-1-3-5-15/h1-2,15H,3-14H2. The first-order chi connectivity index (χ1) is 11.2. The van der Waals surface area contributed by atoms with E-state index in [0.717, 1.165) is 32.4 Å². The first-order valence-corrected chi connectivity index (χ1v) is 8.75. The molecule has 2 saturated heterocycles. The molecule has 3 aliphatic rings. The fraction of sp³-hybridized carbons (Fsp3) is 0.765. The van der Waals surface area contributed by atoms with Crippen LogP contribution >= 0.6 is 0 Å². The van der Waals surface area contributed by atoms with Gasteiger partial charge in [-0.2, -0.15) is 0 Å². The molecule has 0 aromatic carbocycles. The molecule has 1 unspecified atom stereocenters. The molecule has 1 aliphatic carbocycles. The fourth-order valence-electron chi connectivity index (χ4n) is 3.50. The van der Waals surface area contributed by atoms with Crippen molar-refractivity contribution in [3.63, 3.8) is 0 Å². The summed E-state index contributed by atoms with van der Waals surface area (Å²) in [5, 5.41) is 0. The third-order valence-corrected chi connectivity index (χ3v) is 5.02. The molecule has 0 spiro atoms. The average Bonchev–Trinajstić information content (AvgIpc) is 2.63. The van der Waals surface area contributed by atoms with Crippen LogP contribution in [0.2, 0.25) is 0 Å². The Bertz CT molecular complexity index is 452. The summed E-state index contributed by atoms with van der Waals surface area (Å²) in [5.74, 6) is 0.602. The van der Waals surface area contributed by atoms with E-state index in [4.69, 9.17) is 4.74 Å². The van der Waals surface area contributed by atoms with Gasteiger partial charge in [-0.25, -0.2) is 0 Å². The first-order valence-electron chi connectivity index (χ1n) is 8.75. The lowest BCUT2D eigenvalue weighted by Gasteiger charge is -2.37. The molecule has 0 bridgehead atoms. The Balaban J connectivity index is 1.43. The van der Waals surface area contributed by atoms with Crippen LogP contribution in [0.5, 0.6) is 0 Å². The van der Waals surface area contributed by atoms with E-state index in [2.05, 4.69) is 17.1 Å². The van der Waals surface area contributed by atoms with Crippen molar-refractivity contribution in [2.75, 3.05) is 59.0 Å². The van der Waals surface area contributed by atoms with Crippen molar-refractivity contribution in [2.24, 2.45) is 5.92 Å². The van der Waals surface area contributed by atoms with E-state index in [0.29, 0.717) is 45.9 Å². The molecule has 0 radical (unpaired) electrons. The van der Waals surface area contributed by atoms with Crippen LogP contribution in [0, 0.1) is 5.92 Å². The Kier molecular flexibility index (Phi) is 5.67. The van der Waals surface area contributed by atoms with Crippen molar-refractivity contribution in [1.29, 1.82) is 0 Å². The normalized spacial score (nSPS) is 26.3. The maximum Gasteiger partial charge on any atom is 0.236 e. The van der Waals surface area contributed by atoms with Gasteiger partial charge < -0.3 is 14.5 Å². The van der Waals surface area contributed by atoms with Crippen LogP contribution in [0.3, 0.4) is 0 Å². The molecule has 128 valence electrons. The molecule has 23 heavy (non-hydrogen) atoms. The highest BCUT2D eigenvalue weighted by Crippen LogP contribution is 2.21. The molecule has 2 fully saturated rings. The summed E-state index contributed by atoms with van der Waals surface area (Å²) in [4.78, 5) is 30.9. The first kappa shape index (κ1) is 16.5. The van der Waals surface area contributed by atoms with Gasteiger partial charge in [0, 0.05) is 45.2 Å². The summed E-state index contributed by atoms with van der Waals surface area (Å²) in [5.41, 5.74) is 0. The minimum absolute atomic E-state index is 0.149. The van der Waals surface area contributed by atoms with Crippen LogP contribution in [-0.2, 0) is 14.3 Å². The third-order valence-electron chi connectivity index (χ3n) is 5.02. The number of allylic oxidation sites excluding steroid dienone is 2. The van der Waals surface area contributed by atoms with Crippen molar-refractivity contribution < 1.29 is 14.3 Å². The van der Waals surface area contributed by atoms with Crippen LogP contribution in [0.1, 0.15) is 19.3 Å². The lowest BCUT2D eigenvalue weighted by molar-refractivity contribution is -0.143. The fourth-order valence-corrected chi connectivity index (χ4v) is 3.50. The number of rotatable bonds is 3. The number of nitrogens with zero attached hydrogens (tertiary/aromatic N) is 3. The van der Waals surface area contributed by atoms with Crippen molar-refractivity contribution in [3.8, 4) is 0 Å². The predicted molar refractivity (Wildman–Crippen MR) is 86.9 cm³/mol. The van der Waals surface area contributed by atoms with Crippen LogP contribution < -0.4 is 0 Å². The summed E-state index contributed by atoms with van der Waals surface area (Å²) >= 11 is 0. The van der Waals surface area contributed by atoms with E-state index in [-0.39, 0.29) is 17.7 Å². The van der Waals surface area contributed by atoms with Crippen molar-refractivity contribution in [2.45, 2.75) is 19.3 Å². The topological polar surface area (TPSA) is 53.1 Å². The van der Waals surface area contributed by atoms with Gasteiger partial charge in [-0.3, -0.25) is 14.5 Å². The van der Waals surface area contributed by atoms with Crippen molar-refractivity contribution in [1.82, 2.24) is 14.7 Å². The molecule has 6 nitrogen and oxygen atoms in total. The molecular weight excluding hydrogens is 294 g/mol. The van der Waals surface area contributed by atoms with Gasteiger partial charge >= 0.3 is 0 Å². The SMILES string of the molecule is O=C(CN1CCOCC1)N1CCN(C(=O)C2CC=CCC2)CC1. The zero-order valence-corrected chi connectivity index (χ0v) is 13.8. The number of amides is 2. The Labute approximate surface area is 138 Å². The van der Waals surface area contributed by atoms with Gasteiger partial charge in [-0.1, -0.05) is 12.2 Å². The van der Waals surface area contributed by atoms with Gasteiger partial charge in [-0.05, 0) is 19.3 Å². The zero-order chi connectivity index (χ0) is 16.1. The highest BCUT2D eigenvalue weighted by molar-refractivity contribution is 5.81. The van der Waals surface area contributed by atoms with Crippen LogP contribution in [0.15, 0.2) is 12.2 Å². The summed E-state index contributed by atoms with van der Waals surface area (Å²) in [7, 11) is 0. The number of carbonyl (C=O) groups is 2. The summed E-state index contributed by atoms with van der Waals surface area (Å²) in [6.45, 7) is 6.25. The number of ether oxygens (including phenoxy) is 1. The molecule has 0 N–H and O–H groups in total. The molecule has 2 amide bonds. The summed E-state index contributed by atoms with van der Waals surface area (Å²) in [6.07, 6.45) is 7.12. The van der Waals surface area contributed by atoms with E-state index >= 15 is 0 Å². The molecule has 6 heteroatoms. The predicted octanol–water partition coefficient (Wildman–Crippen LogP) is 0.346. The Morgan fingerprint density at radius 1 is 0.957 bits per heavy atom. The van der Waals surface area contributed by atoms with E-state index in [9.17, 15) is 9.59 Å². The smallest absolute Gasteiger partial charge is 0.236 e. The van der Waals surface area contributed by atoms with E-state index in [1.165, 1.54) is 0 Å². The van der Waals surface area contributed by atoms with Gasteiger partial charge in [0.25, 0.3) is 0 Å². The van der Waals surface area contributed by atoms with Gasteiger partial charge in [0.2, 0.25) is 11.8 Å². The van der Waals surface area contributed by atoms with Gasteiger partial charge in [0.15, 0.2) is 0 Å². The van der Waals surface area contributed by atoms with Crippen LogP contribution in [0.4, 0.5) is 0 Å². The van der Waals surface area contributed by atoms with E-state index in [1.807, 2.05) is 9.80 Å². The number of hydrogen-bond acceptors (Lipinski definition) is 4. The van der Waals surface area contributed by atoms with Gasteiger partial charge in [-0.15, -0.1) is 0 Å². The van der Waals surface area contributed by atoms with E-state index in [1.54, 1.807) is 0 Å². The molecule has 2 aliphatic heterocycles. The highest BCUT2D eigenvalue weighted by atomic mass is 16.5. The Morgan fingerprint density at radius 3 is 2.30 bits per heavy atom. The molecular formula is C17H27N3O3. The molecule has 0 aromatic rings. The quantitative estimate of drug-likeness (QED) is 0.704. The number of carbonyl (C=O) groups excluding carboxylic acids is 2. The summed E-state index contributed by atoms with van der Waals surface area (Å²) < 4.78 is 5.31. The highest BCUT2D eigenvalue weighted by Gasteiger charge is 2.29. The second kappa shape index (κ2) is 7.93. The number of morpholine rings is 1. The van der Waals surface area contributed by atoms with E-state index < -0.39 is 0 Å². The third kappa shape index (κ3) is 4.32. The zero-order valence-electron chi connectivity index (χ0n) is 13.8. The van der Waals surface area contributed by atoms with Crippen LogP contribution in [-0.4, -0.2) is 85.5 Å². The average molecular weight is 321 g/mol. The lowest BCUT2D eigenvalue weighted by Crippen LogP contribution is -2.54. The summed E-state index contributed by atoms with van der Waals surface area (Å²) in [6, 6.07) is 0. The lowest BCUT2D eigenvalue weighted by atomic mass is 9.93. The number of piperazine rings is 1. The monoisotopic (exact) mass is 321 g/mol. The largest absolute Gasteiger partial charge is 0.379 e. The van der Waals surface area contributed by atoms with Crippen molar-refractivity contribution >= 4 is 11.8 Å². The molecule has 1 atom stereocenters. The van der Waals surface area contributed by atoms with Crippen molar-refractivity contribution in [3.05, 3.63) is 12.2 Å². The van der Waals surface area contributed by atoms with Crippen LogP contribution in [0.25, 0.3) is 0 Å². The molecule has 0 saturated carbocycles. The molecule has 2 heterocycles. The second-order valence-corrected chi connectivity index (χ2v) is 6.58. The number of hydrogen-bond donors (Lipinski definition) is 0. The van der Waals surface area contributed by atoms with Gasteiger partial charge in [0.1, 0.15) is 0 Å². The Hall–Kier alpha value is -1.40. The maximum atomic E-state index is 12.5. The minimum Gasteiger partial charge on any atom is -0.379 e. The van der Waals surface area contributed by atoms with Gasteiger partial charge in [0.05, 0.1) is 19.8 Å². The molecule has 3 rings (SSSR count). The maximum absolute atomic E-state index is 12.5. The molecule has 0 aromatic heterocycles. The Morgan fingerprint density at radius 2 is 1.65 bits per heavy atom. The second-order valence-electron chi connectivity index (χ2n) is 6.58. The minimum atomic E-state index is 0.149.